The summed E-state index contributed by atoms with van der Waals surface area (Å²) in [5.74, 6) is 0. The Labute approximate surface area is 124 Å². The van der Waals surface area contributed by atoms with E-state index in [-0.39, 0.29) is 0 Å². The predicted octanol–water partition coefficient (Wildman–Crippen LogP) is 2.55. The van der Waals surface area contributed by atoms with Crippen LogP contribution in [0.25, 0.3) is 0 Å². The molecule has 1 aromatic heterocycles. The Hall–Kier alpha value is -0.390. The third kappa shape index (κ3) is 3.38. The van der Waals surface area contributed by atoms with Crippen LogP contribution < -0.4 is 5.32 Å². The maximum absolute atomic E-state index is 4.54. The van der Waals surface area contributed by atoms with E-state index >= 15 is 0 Å². The average Bonchev–Trinajstić information content (AvgIpc) is 2.67. The first-order valence-electron chi connectivity index (χ1n) is 7.18. The molecule has 19 heavy (non-hydrogen) atoms. The Kier molecular flexibility index (Phi) is 5.03. The van der Waals surface area contributed by atoms with Gasteiger partial charge in [-0.1, -0.05) is 0 Å². The normalized spacial score (nSPS) is 24.9. The van der Waals surface area contributed by atoms with Gasteiger partial charge in [0.1, 0.15) is 0 Å². The predicted molar refractivity (Wildman–Crippen MR) is 82.3 cm³/mol. The van der Waals surface area contributed by atoms with Crippen molar-refractivity contribution >= 4 is 15.9 Å². The van der Waals surface area contributed by atoms with Crippen LogP contribution in [-0.2, 0) is 13.1 Å². The maximum atomic E-state index is 4.54. The Morgan fingerprint density at radius 1 is 1.47 bits per heavy atom. The summed E-state index contributed by atoms with van der Waals surface area (Å²) >= 11 is 3.66. The molecular weight excluding hydrogens is 304 g/mol. The van der Waals surface area contributed by atoms with E-state index in [4.69, 9.17) is 0 Å². The molecule has 0 aliphatic carbocycles. The minimum Gasteiger partial charge on any atom is -0.308 e. The first-order valence-corrected chi connectivity index (χ1v) is 7.97. The zero-order valence-electron chi connectivity index (χ0n) is 12.4. The van der Waals surface area contributed by atoms with Crippen molar-refractivity contribution in [1.29, 1.82) is 0 Å². The number of aromatic nitrogens is 2. The minimum atomic E-state index is 0.624. The maximum Gasteiger partial charge on any atom is 0.0739 e. The highest BCUT2D eigenvalue weighted by Gasteiger charge is 2.23. The van der Waals surface area contributed by atoms with Crippen LogP contribution in [0, 0.1) is 6.92 Å². The molecule has 1 aliphatic rings. The molecule has 1 N–H and O–H groups in total. The van der Waals surface area contributed by atoms with E-state index in [9.17, 15) is 0 Å². The van der Waals surface area contributed by atoms with Gasteiger partial charge in [-0.25, -0.2) is 0 Å². The van der Waals surface area contributed by atoms with Gasteiger partial charge in [0, 0.05) is 25.2 Å². The third-order valence-corrected chi connectivity index (χ3v) is 5.25. The molecule has 1 fully saturated rings. The van der Waals surface area contributed by atoms with Gasteiger partial charge in [0.2, 0.25) is 0 Å². The van der Waals surface area contributed by atoms with Gasteiger partial charge in [0.05, 0.1) is 15.9 Å². The van der Waals surface area contributed by atoms with Gasteiger partial charge >= 0.3 is 0 Å². The number of halogens is 1. The quantitative estimate of drug-likeness (QED) is 0.922. The fourth-order valence-corrected chi connectivity index (χ4v) is 3.18. The standard InChI is InChI=1S/C14H25BrN4/c1-5-19-13(14(15)11(3)17-19)9-16-12-6-7-18(4)10(2)8-12/h10,12,16H,5-9H2,1-4H3. The fraction of sp³-hybridized carbons (Fsp3) is 0.786. The zero-order chi connectivity index (χ0) is 14.0. The Balaban J connectivity index is 1.96. The smallest absolute Gasteiger partial charge is 0.0739 e. The molecule has 2 rings (SSSR count). The van der Waals surface area contributed by atoms with Crippen molar-refractivity contribution in [2.24, 2.45) is 0 Å². The molecule has 0 bridgehead atoms. The summed E-state index contributed by atoms with van der Waals surface area (Å²) in [6.07, 6.45) is 2.46. The number of aryl methyl sites for hydroxylation is 2. The summed E-state index contributed by atoms with van der Waals surface area (Å²) in [5, 5.41) is 8.24. The lowest BCUT2D eigenvalue weighted by atomic mass is 9.99. The molecule has 1 aliphatic heterocycles. The largest absolute Gasteiger partial charge is 0.308 e. The molecule has 0 amide bonds. The van der Waals surface area contributed by atoms with Crippen LogP contribution in [0.4, 0.5) is 0 Å². The lowest BCUT2D eigenvalue weighted by molar-refractivity contribution is 0.167. The molecule has 0 radical (unpaired) electrons. The van der Waals surface area contributed by atoms with E-state index in [0.717, 1.165) is 23.3 Å². The summed E-state index contributed by atoms with van der Waals surface area (Å²) < 4.78 is 3.24. The van der Waals surface area contributed by atoms with E-state index in [0.29, 0.717) is 12.1 Å². The number of nitrogens with one attached hydrogen (secondary N) is 1. The van der Waals surface area contributed by atoms with E-state index in [1.54, 1.807) is 0 Å². The van der Waals surface area contributed by atoms with Gasteiger partial charge in [-0.2, -0.15) is 5.10 Å². The lowest BCUT2D eigenvalue weighted by Crippen LogP contribution is -2.45. The molecule has 5 heteroatoms. The van der Waals surface area contributed by atoms with E-state index < -0.39 is 0 Å². The van der Waals surface area contributed by atoms with Crippen LogP contribution in [0.3, 0.4) is 0 Å². The first kappa shape index (κ1) is 15.0. The monoisotopic (exact) mass is 328 g/mol. The molecule has 2 unspecified atom stereocenters. The second kappa shape index (κ2) is 6.37. The van der Waals surface area contributed by atoms with Crippen molar-refractivity contribution in [1.82, 2.24) is 20.0 Å². The number of hydrogen-bond acceptors (Lipinski definition) is 3. The van der Waals surface area contributed by atoms with E-state index in [1.165, 1.54) is 25.1 Å². The molecule has 0 aromatic carbocycles. The molecule has 2 heterocycles. The molecule has 2 atom stereocenters. The molecule has 1 aromatic rings. The van der Waals surface area contributed by atoms with Crippen LogP contribution >= 0.6 is 15.9 Å². The fourth-order valence-electron chi connectivity index (χ4n) is 2.75. The minimum absolute atomic E-state index is 0.624. The van der Waals surface area contributed by atoms with Crippen molar-refractivity contribution in [2.45, 2.75) is 58.8 Å². The van der Waals surface area contributed by atoms with Crippen molar-refractivity contribution < 1.29 is 0 Å². The Morgan fingerprint density at radius 2 is 2.21 bits per heavy atom. The van der Waals surface area contributed by atoms with Gasteiger partial charge in [-0.05, 0) is 63.1 Å². The van der Waals surface area contributed by atoms with Crippen LogP contribution in [-0.4, -0.2) is 40.4 Å². The van der Waals surface area contributed by atoms with Gasteiger partial charge in [-0.3, -0.25) is 4.68 Å². The lowest BCUT2D eigenvalue weighted by Gasteiger charge is -2.35. The van der Waals surface area contributed by atoms with Crippen LogP contribution in [0.15, 0.2) is 4.47 Å². The van der Waals surface area contributed by atoms with E-state index in [2.05, 4.69) is 63.7 Å². The van der Waals surface area contributed by atoms with Crippen molar-refractivity contribution in [2.75, 3.05) is 13.6 Å². The number of hydrogen-bond donors (Lipinski definition) is 1. The second-order valence-corrected chi connectivity index (χ2v) is 6.39. The molecule has 0 saturated carbocycles. The van der Waals surface area contributed by atoms with E-state index in [1.807, 2.05) is 0 Å². The van der Waals surface area contributed by atoms with Crippen molar-refractivity contribution in [3.05, 3.63) is 15.9 Å². The molecule has 1 saturated heterocycles. The topological polar surface area (TPSA) is 33.1 Å². The van der Waals surface area contributed by atoms with Crippen molar-refractivity contribution in [3.8, 4) is 0 Å². The number of nitrogens with zero attached hydrogens (tertiary/aromatic N) is 3. The number of rotatable bonds is 4. The average molecular weight is 329 g/mol. The van der Waals surface area contributed by atoms with Gasteiger partial charge in [-0.15, -0.1) is 0 Å². The summed E-state index contributed by atoms with van der Waals surface area (Å²) in [6.45, 7) is 9.51. The van der Waals surface area contributed by atoms with Gasteiger partial charge in [0.25, 0.3) is 0 Å². The summed E-state index contributed by atoms with van der Waals surface area (Å²) in [4.78, 5) is 2.44. The van der Waals surface area contributed by atoms with Crippen LogP contribution in [0.1, 0.15) is 38.1 Å². The van der Waals surface area contributed by atoms with Crippen molar-refractivity contribution in [3.63, 3.8) is 0 Å². The molecule has 4 nitrogen and oxygen atoms in total. The highest BCUT2D eigenvalue weighted by molar-refractivity contribution is 9.10. The zero-order valence-corrected chi connectivity index (χ0v) is 14.0. The molecular formula is C14H25BrN4. The van der Waals surface area contributed by atoms with Gasteiger partial charge < -0.3 is 10.2 Å². The highest BCUT2D eigenvalue weighted by atomic mass is 79.9. The van der Waals surface area contributed by atoms with Crippen LogP contribution in [0.5, 0.6) is 0 Å². The molecule has 108 valence electrons. The summed E-state index contributed by atoms with van der Waals surface area (Å²) in [6, 6.07) is 1.30. The van der Waals surface area contributed by atoms with Gasteiger partial charge in [0.15, 0.2) is 0 Å². The summed E-state index contributed by atoms with van der Waals surface area (Å²) in [7, 11) is 2.22. The number of likely N-dealkylation sites (tertiary alicyclic amines) is 1. The first-order chi connectivity index (χ1) is 9.02. The van der Waals surface area contributed by atoms with Crippen LogP contribution in [0.2, 0.25) is 0 Å². The Morgan fingerprint density at radius 3 is 2.84 bits per heavy atom. The highest BCUT2D eigenvalue weighted by Crippen LogP contribution is 2.22. The second-order valence-electron chi connectivity index (χ2n) is 5.59. The molecule has 0 spiro atoms. The SMILES string of the molecule is CCn1nc(C)c(Br)c1CNC1CCN(C)C(C)C1. The third-order valence-electron chi connectivity index (χ3n) is 4.22. The Bertz CT molecular complexity index is 429. The number of piperidine rings is 1. The summed E-state index contributed by atoms with van der Waals surface area (Å²) in [5.41, 5.74) is 2.35.